The smallest absolute Gasteiger partial charge is 0.307 e. The van der Waals surface area contributed by atoms with Gasteiger partial charge in [-0.15, -0.1) is 0 Å². The van der Waals surface area contributed by atoms with Crippen LogP contribution in [0.1, 0.15) is 16.8 Å². The lowest BCUT2D eigenvalue weighted by Crippen LogP contribution is -2.19. The number of ether oxygens (including phenoxy) is 3. The minimum absolute atomic E-state index is 0.106. The molecule has 152 valence electrons. The summed E-state index contributed by atoms with van der Waals surface area (Å²) in [5.41, 5.74) is 1.00. The van der Waals surface area contributed by atoms with E-state index in [0.29, 0.717) is 16.3 Å². The highest BCUT2D eigenvalue weighted by atomic mass is 32.1. The van der Waals surface area contributed by atoms with Crippen molar-refractivity contribution in [2.24, 2.45) is 4.99 Å². The van der Waals surface area contributed by atoms with E-state index < -0.39 is 11.7 Å². The van der Waals surface area contributed by atoms with Crippen molar-refractivity contribution in [2.45, 2.75) is 13.0 Å². The second kappa shape index (κ2) is 8.87. The van der Waals surface area contributed by atoms with Gasteiger partial charge in [0.2, 0.25) is 0 Å². The van der Waals surface area contributed by atoms with Gasteiger partial charge in [0.25, 0.3) is 5.91 Å². The van der Waals surface area contributed by atoms with Gasteiger partial charge in [0.05, 0.1) is 38.0 Å². The number of aryl methyl sites for hydroxylation is 1. The Balaban J connectivity index is 2.14. The summed E-state index contributed by atoms with van der Waals surface area (Å²) in [6.07, 6.45) is 0.106. The van der Waals surface area contributed by atoms with Gasteiger partial charge in [0.15, 0.2) is 16.3 Å². The minimum atomic E-state index is -0.512. The molecule has 0 saturated carbocycles. The van der Waals surface area contributed by atoms with Crippen LogP contribution in [0.3, 0.4) is 0 Å². The highest BCUT2D eigenvalue weighted by Gasteiger charge is 2.15. The molecule has 0 fully saturated rings. The number of rotatable bonds is 6. The first kappa shape index (κ1) is 20.5. The van der Waals surface area contributed by atoms with Crippen molar-refractivity contribution >= 4 is 33.4 Å². The molecule has 0 aliphatic carbocycles. The van der Waals surface area contributed by atoms with Gasteiger partial charge in [-0.05, 0) is 24.3 Å². The minimum Gasteiger partial charge on any atom is -0.493 e. The summed E-state index contributed by atoms with van der Waals surface area (Å²) in [6.45, 7) is 0.262. The molecular formula is C20H19FN2O5S. The molecule has 0 aliphatic heterocycles. The van der Waals surface area contributed by atoms with Gasteiger partial charge in [-0.2, -0.15) is 4.99 Å². The highest BCUT2D eigenvalue weighted by Crippen LogP contribution is 2.33. The number of thiazole rings is 1. The summed E-state index contributed by atoms with van der Waals surface area (Å²) in [5.74, 6) is -0.273. The normalized spacial score (nSPS) is 11.5. The van der Waals surface area contributed by atoms with Crippen molar-refractivity contribution in [1.82, 2.24) is 4.57 Å². The molecule has 2 aromatic carbocycles. The van der Waals surface area contributed by atoms with Crippen LogP contribution in [0.4, 0.5) is 4.39 Å². The molecule has 0 unspecified atom stereocenters. The van der Waals surface area contributed by atoms with Crippen molar-refractivity contribution in [2.75, 3.05) is 21.3 Å². The van der Waals surface area contributed by atoms with Gasteiger partial charge in [-0.25, -0.2) is 4.39 Å². The van der Waals surface area contributed by atoms with E-state index in [0.717, 1.165) is 10.2 Å². The molecule has 7 nitrogen and oxygen atoms in total. The number of aromatic nitrogens is 1. The lowest BCUT2D eigenvalue weighted by Gasteiger charge is -2.09. The van der Waals surface area contributed by atoms with Gasteiger partial charge in [-0.3, -0.25) is 9.59 Å². The molecule has 0 saturated heterocycles. The zero-order valence-corrected chi connectivity index (χ0v) is 16.9. The average Bonchev–Trinajstić information content (AvgIpc) is 3.06. The number of carbonyl (C=O) groups is 2. The lowest BCUT2D eigenvalue weighted by atomic mass is 10.2. The number of fused-ring (bicyclic) bond motifs is 1. The molecule has 1 heterocycles. The standard InChI is InChI=1S/C20H19FN2O5S/c1-26-15-10-14-17(11-16(15)27-2)29-20(23(14)9-8-18(24)28-3)22-19(25)12-4-6-13(21)7-5-12/h4-7,10-11H,8-9H2,1-3H3. The Morgan fingerprint density at radius 3 is 2.34 bits per heavy atom. The van der Waals surface area contributed by atoms with Crippen LogP contribution in [0.5, 0.6) is 11.5 Å². The fourth-order valence-electron chi connectivity index (χ4n) is 2.75. The van der Waals surface area contributed by atoms with E-state index in [2.05, 4.69) is 4.99 Å². The van der Waals surface area contributed by atoms with Crippen LogP contribution in [0, 0.1) is 5.82 Å². The summed E-state index contributed by atoms with van der Waals surface area (Å²) < 4.78 is 31.1. The van der Waals surface area contributed by atoms with E-state index in [1.165, 1.54) is 56.9 Å². The topological polar surface area (TPSA) is 79.1 Å². The molecule has 0 radical (unpaired) electrons. The summed E-state index contributed by atoms with van der Waals surface area (Å²) in [6, 6.07) is 8.71. The Hall–Kier alpha value is -3.20. The summed E-state index contributed by atoms with van der Waals surface area (Å²) >= 11 is 1.27. The van der Waals surface area contributed by atoms with E-state index in [1.54, 1.807) is 16.7 Å². The predicted octanol–water partition coefficient (Wildman–Crippen LogP) is 3.16. The summed E-state index contributed by atoms with van der Waals surface area (Å²) in [5, 5.41) is 0. The van der Waals surface area contributed by atoms with Crippen molar-refractivity contribution < 1.29 is 28.2 Å². The molecule has 0 aliphatic rings. The maximum absolute atomic E-state index is 13.1. The summed E-state index contributed by atoms with van der Waals surface area (Å²) in [7, 11) is 4.38. The number of esters is 1. The third-order valence-electron chi connectivity index (χ3n) is 4.24. The Labute approximate surface area is 170 Å². The van der Waals surface area contributed by atoms with Gasteiger partial charge in [0, 0.05) is 24.2 Å². The Bertz CT molecular complexity index is 1120. The number of hydrogen-bond donors (Lipinski definition) is 0. The maximum Gasteiger partial charge on any atom is 0.307 e. The fraction of sp³-hybridized carbons (Fsp3) is 0.250. The summed E-state index contributed by atoms with van der Waals surface area (Å²) in [4.78, 5) is 28.8. The van der Waals surface area contributed by atoms with Crippen molar-refractivity contribution in [3.05, 3.63) is 52.6 Å². The lowest BCUT2D eigenvalue weighted by molar-refractivity contribution is -0.140. The van der Waals surface area contributed by atoms with Crippen molar-refractivity contribution in [3.8, 4) is 11.5 Å². The number of amides is 1. The van der Waals surface area contributed by atoms with Gasteiger partial charge < -0.3 is 18.8 Å². The van der Waals surface area contributed by atoms with E-state index in [9.17, 15) is 14.0 Å². The molecular weight excluding hydrogens is 399 g/mol. The van der Waals surface area contributed by atoms with Crippen LogP contribution < -0.4 is 14.3 Å². The molecule has 29 heavy (non-hydrogen) atoms. The molecule has 3 aromatic rings. The van der Waals surface area contributed by atoms with E-state index in [1.807, 2.05) is 0 Å². The zero-order chi connectivity index (χ0) is 21.0. The molecule has 3 rings (SSSR count). The number of carbonyl (C=O) groups excluding carboxylic acids is 2. The first-order valence-electron chi connectivity index (χ1n) is 8.63. The molecule has 0 N–H and O–H groups in total. The fourth-order valence-corrected chi connectivity index (χ4v) is 3.81. The maximum atomic E-state index is 13.1. The van der Waals surface area contributed by atoms with Gasteiger partial charge in [-0.1, -0.05) is 11.3 Å². The zero-order valence-electron chi connectivity index (χ0n) is 16.1. The molecule has 9 heteroatoms. The predicted molar refractivity (Wildman–Crippen MR) is 106 cm³/mol. The second-order valence-corrected chi connectivity index (χ2v) is 6.97. The molecule has 0 atom stereocenters. The van der Waals surface area contributed by atoms with E-state index in [-0.39, 0.29) is 24.5 Å². The van der Waals surface area contributed by atoms with Crippen molar-refractivity contribution in [1.29, 1.82) is 0 Å². The van der Waals surface area contributed by atoms with E-state index >= 15 is 0 Å². The van der Waals surface area contributed by atoms with Crippen molar-refractivity contribution in [3.63, 3.8) is 0 Å². The third-order valence-corrected chi connectivity index (χ3v) is 5.28. The second-order valence-electron chi connectivity index (χ2n) is 5.96. The highest BCUT2D eigenvalue weighted by molar-refractivity contribution is 7.16. The molecule has 0 spiro atoms. The number of nitrogens with zero attached hydrogens (tertiary/aromatic N) is 2. The average molecular weight is 418 g/mol. The number of benzene rings is 2. The van der Waals surface area contributed by atoms with Crippen LogP contribution in [-0.4, -0.2) is 37.8 Å². The van der Waals surface area contributed by atoms with Crippen LogP contribution in [0.25, 0.3) is 10.2 Å². The Morgan fingerprint density at radius 2 is 1.72 bits per heavy atom. The SMILES string of the molecule is COC(=O)CCn1c(=NC(=O)c2ccc(F)cc2)sc2cc(OC)c(OC)cc21. The number of hydrogen-bond acceptors (Lipinski definition) is 6. The largest absolute Gasteiger partial charge is 0.493 e. The van der Waals surface area contributed by atoms with E-state index in [4.69, 9.17) is 14.2 Å². The number of halogens is 1. The van der Waals surface area contributed by atoms with Crippen LogP contribution >= 0.6 is 11.3 Å². The van der Waals surface area contributed by atoms with Crippen LogP contribution in [0.2, 0.25) is 0 Å². The Kier molecular flexibility index (Phi) is 6.28. The Morgan fingerprint density at radius 1 is 1.07 bits per heavy atom. The first-order chi connectivity index (χ1) is 14.0. The van der Waals surface area contributed by atoms with Crippen LogP contribution in [-0.2, 0) is 16.1 Å². The quantitative estimate of drug-likeness (QED) is 0.575. The third kappa shape index (κ3) is 4.45. The van der Waals surface area contributed by atoms with Gasteiger partial charge >= 0.3 is 5.97 Å². The molecule has 0 bridgehead atoms. The van der Waals surface area contributed by atoms with Gasteiger partial charge in [0.1, 0.15) is 5.82 Å². The number of methoxy groups -OCH3 is 3. The van der Waals surface area contributed by atoms with Crippen LogP contribution in [0.15, 0.2) is 41.4 Å². The molecule has 1 aromatic heterocycles. The monoisotopic (exact) mass is 418 g/mol. The molecule has 1 amide bonds. The first-order valence-corrected chi connectivity index (χ1v) is 9.45.